The first-order chi connectivity index (χ1) is 16.0. The van der Waals surface area contributed by atoms with Gasteiger partial charge in [0.25, 0.3) is 5.91 Å². The van der Waals surface area contributed by atoms with E-state index in [1.54, 1.807) is 18.3 Å². The second-order valence-corrected chi connectivity index (χ2v) is 8.29. The minimum Gasteiger partial charge on any atom is -0.480 e. The van der Waals surface area contributed by atoms with Gasteiger partial charge in [0.1, 0.15) is 23.7 Å². The predicted molar refractivity (Wildman–Crippen MR) is 117 cm³/mol. The molecule has 3 aliphatic rings. The summed E-state index contributed by atoms with van der Waals surface area (Å²) >= 11 is 0. The van der Waals surface area contributed by atoms with Crippen molar-refractivity contribution in [1.29, 1.82) is 5.26 Å². The lowest BCUT2D eigenvalue weighted by molar-refractivity contribution is -0.118. The van der Waals surface area contributed by atoms with Crippen molar-refractivity contribution in [3.63, 3.8) is 0 Å². The van der Waals surface area contributed by atoms with Crippen LogP contribution in [0.2, 0.25) is 0 Å². The Morgan fingerprint density at radius 1 is 1.33 bits per heavy atom. The molecular formula is C22H23N7O4. The normalized spacial score (nSPS) is 23.3. The molecule has 0 spiro atoms. The Kier molecular flexibility index (Phi) is 5.53. The molecule has 0 aromatic carbocycles. The van der Waals surface area contributed by atoms with Gasteiger partial charge in [-0.2, -0.15) is 5.26 Å². The Balaban J connectivity index is 1.12. The molecule has 11 nitrogen and oxygen atoms in total. The van der Waals surface area contributed by atoms with E-state index in [9.17, 15) is 14.9 Å². The van der Waals surface area contributed by atoms with Crippen molar-refractivity contribution in [2.24, 2.45) is 11.7 Å². The van der Waals surface area contributed by atoms with Gasteiger partial charge in [0, 0.05) is 18.8 Å². The molecule has 0 bridgehead atoms. The lowest BCUT2D eigenvalue weighted by Gasteiger charge is -2.19. The Labute approximate surface area is 189 Å². The van der Waals surface area contributed by atoms with Gasteiger partial charge in [0.15, 0.2) is 18.2 Å². The summed E-state index contributed by atoms with van der Waals surface area (Å²) in [4.78, 5) is 33.8. The number of nitriles is 1. The second kappa shape index (κ2) is 8.65. The molecule has 1 aliphatic carbocycles. The maximum Gasteiger partial charge on any atom is 0.415 e. The number of nitrogens with zero attached hydrogens (tertiary/aromatic N) is 4. The maximum atomic E-state index is 12.4. The molecule has 3 atom stereocenters. The number of anilines is 2. The molecular weight excluding hydrogens is 426 g/mol. The van der Waals surface area contributed by atoms with E-state index in [1.807, 2.05) is 6.07 Å². The van der Waals surface area contributed by atoms with Gasteiger partial charge >= 0.3 is 6.09 Å². The molecule has 2 aliphatic heterocycles. The fourth-order valence-corrected chi connectivity index (χ4v) is 4.49. The molecule has 2 aromatic rings. The van der Waals surface area contributed by atoms with Crippen LogP contribution in [0, 0.1) is 17.2 Å². The van der Waals surface area contributed by atoms with Gasteiger partial charge in [-0.15, -0.1) is 0 Å². The number of cyclic esters (lactones) is 1. The van der Waals surface area contributed by atoms with Crippen molar-refractivity contribution >= 4 is 23.6 Å². The standard InChI is InChI=1S/C22H23N7O4/c23-8-16-15-7-12(20(24)14(15)4-6-26-16)9-25-5-3-13-10-29(22(31)33-13)18-2-1-17-21(27-18)28-19(30)11-32-17/h1-2,4,6,12-13,20,25H,3,5,7,9-11,24H2,(H,27,28,30). The summed E-state index contributed by atoms with van der Waals surface area (Å²) in [6, 6.07) is 7.24. The van der Waals surface area contributed by atoms with Crippen LogP contribution in [0.25, 0.3) is 0 Å². The summed E-state index contributed by atoms with van der Waals surface area (Å²) in [5, 5.41) is 15.3. The van der Waals surface area contributed by atoms with Crippen molar-refractivity contribution in [3.8, 4) is 11.8 Å². The number of ether oxygens (including phenoxy) is 2. The van der Waals surface area contributed by atoms with Gasteiger partial charge in [-0.25, -0.2) is 14.8 Å². The fourth-order valence-electron chi connectivity index (χ4n) is 4.49. The van der Waals surface area contributed by atoms with Gasteiger partial charge in [-0.1, -0.05) is 0 Å². The number of hydrogen-bond donors (Lipinski definition) is 3. The van der Waals surface area contributed by atoms with E-state index in [1.165, 1.54) is 4.90 Å². The predicted octanol–water partition coefficient (Wildman–Crippen LogP) is 0.856. The van der Waals surface area contributed by atoms with Crippen molar-refractivity contribution in [1.82, 2.24) is 15.3 Å². The maximum absolute atomic E-state index is 12.4. The summed E-state index contributed by atoms with van der Waals surface area (Å²) in [6.07, 6.45) is 2.23. The highest BCUT2D eigenvalue weighted by molar-refractivity contribution is 5.95. The summed E-state index contributed by atoms with van der Waals surface area (Å²) in [5.41, 5.74) is 8.77. The minimum atomic E-state index is -0.472. The highest BCUT2D eigenvalue weighted by Crippen LogP contribution is 2.35. The summed E-state index contributed by atoms with van der Waals surface area (Å²) in [6.45, 7) is 1.66. The van der Waals surface area contributed by atoms with E-state index in [0.717, 1.165) is 17.5 Å². The largest absolute Gasteiger partial charge is 0.480 e. The van der Waals surface area contributed by atoms with Crippen LogP contribution in [-0.2, 0) is 16.0 Å². The van der Waals surface area contributed by atoms with Crippen LogP contribution in [-0.4, -0.2) is 54.3 Å². The van der Waals surface area contributed by atoms with Crippen molar-refractivity contribution in [2.45, 2.75) is 25.0 Å². The molecule has 1 saturated heterocycles. The molecule has 11 heteroatoms. The van der Waals surface area contributed by atoms with Crippen molar-refractivity contribution in [3.05, 3.63) is 41.2 Å². The van der Waals surface area contributed by atoms with Gasteiger partial charge in [0.05, 0.1) is 6.54 Å². The molecule has 4 N–H and O–H groups in total. The number of carbonyl (C=O) groups is 2. The number of fused-ring (bicyclic) bond motifs is 2. The molecule has 0 saturated carbocycles. The third kappa shape index (κ3) is 4.06. The Hall–Kier alpha value is -3.75. The van der Waals surface area contributed by atoms with Crippen LogP contribution in [0.5, 0.6) is 5.75 Å². The minimum absolute atomic E-state index is 0.0525. The smallest absolute Gasteiger partial charge is 0.415 e. The number of rotatable bonds is 6. The molecule has 1 fully saturated rings. The second-order valence-electron chi connectivity index (χ2n) is 8.29. The highest BCUT2D eigenvalue weighted by atomic mass is 16.6. The first kappa shape index (κ1) is 21.1. The van der Waals surface area contributed by atoms with E-state index in [2.05, 4.69) is 26.7 Å². The van der Waals surface area contributed by atoms with E-state index < -0.39 is 6.09 Å². The van der Waals surface area contributed by atoms with Crippen LogP contribution >= 0.6 is 0 Å². The Bertz CT molecular complexity index is 1150. The van der Waals surface area contributed by atoms with Crippen LogP contribution < -0.4 is 26.0 Å². The number of carbonyl (C=O) groups excluding carboxylic acids is 2. The van der Waals surface area contributed by atoms with E-state index in [-0.39, 0.29) is 30.6 Å². The molecule has 5 rings (SSSR count). The number of nitrogens with two attached hydrogens (primary N) is 1. The summed E-state index contributed by atoms with van der Waals surface area (Å²) in [5.74, 6) is 1.06. The van der Waals surface area contributed by atoms with Crippen LogP contribution in [0.15, 0.2) is 24.4 Å². The van der Waals surface area contributed by atoms with Crippen LogP contribution in [0.1, 0.15) is 29.3 Å². The third-order valence-electron chi connectivity index (χ3n) is 6.19. The highest BCUT2D eigenvalue weighted by Gasteiger charge is 2.34. The molecule has 3 unspecified atom stereocenters. The Morgan fingerprint density at radius 2 is 2.21 bits per heavy atom. The van der Waals surface area contributed by atoms with Gasteiger partial charge < -0.3 is 25.8 Å². The summed E-state index contributed by atoms with van der Waals surface area (Å²) < 4.78 is 10.8. The van der Waals surface area contributed by atoms with Crippen molar-refractivity contribution < 1.29 is 19.1 Å². The van der Waals surface area contributed by atoms with Gasteiger partial charge in [0.2, 0.25) is 0 Å². The van der Waals surface area contributed by atoms with E-state index in [0.29, 0.717) is 49.1 Å². The number of aromatic nitrogens is 2. The molecule has 0 radical (unpaired) electrons. The lowest BCUT2D eigenvalue weighted by Crippen LogP contribution is -2.32. The zero-order chi connectivity index (χ0) is 22.9. The Morgan fingerprint density at radius 3 is 3.06 bits per heavy atom. The van der Waals surface area contributed by atoms with Crippen LogP contribution in [0.3, 0.4) is 0 Å². The lowest BCUT2D eigenvalue weighted by atomic mass is 10.0. The first-order valence-electron chi connectivity index (χ1n) is 10.8. The SMILES string of the molecule is N#Cc1nccc2c1CC(CNCCC1CN(c3ccc4c(n3)NC(=O)CO4)C(=O)O1)C2N. The monoisotopic (exact) mass is 449 g/mol. The molecule has 4 heterocycles. The summed E-state index contributed by atoms with van der Waals surface area (Å²) in [7, 11) is 0. The quantitative estimate of drug-likeness (QED) is 0.544. The van der Waals surface area contributed by atoms with Crippen molar-refractivity contribution in [2.75, 3.05) is 36.5 Å². The number of hydrogen-bond acceptors (Lipinski definition) is 9. The number of amides is 2. The van der Waals surface area contributed by atoms with Crippen LogP contribution in [0.4, 0.5) is 16.4 Å². The first-order valence-corrected chi connectivity index (χ1v) is 10.8. The van der Waals surface area contributed by atoms with E-state index in [4.69, 9.17) is 15.2 Å². The number of nitrogens with one attached hydrogen (secondary N) is 2. The fraction of sp³-hybridized carbons (Fsp3) is 0.409. The molecule has 2 amide bonds. The molecule has 33 heavy (non-hydrogen) atoms. The van der Waals surface area contributed by atoms with E-state index >= 15 is 0 Å². The molecule has 170 valence electrons. The topological polar surface area (TPSA) is 155 Å². The number of pyridine rings is 2. The zero-order valence-corrected chi connectivity index (χ0v) is 17.8. The molecule has 2 aromatic heterocycles. The zero-order valence-electron chi connectivity index (χ0n) is 17.8. The average molecular weight is 449 g/mol. The third-order valence-corrected chi connectivity index (χ3v) is 6.19. The average Bonchev–Trinajstić information content (AvgIpc) is 3.35. The van der Waals surface area contributed by atoms with Gasteiger partial charge in [-0.05, 0) is 54.6 Å². The van der Waals surface area contributed by atoms with Gasteiger partial charge in [-0.3, -0.25) is 9.69 Å².